The van der Waals surface area contributed by atoms with Gasteiger partial charge in [-0.25, -0.2) is 0 Å². The van der Waals surface area contributed by atoms with Crippen LogP contribution in [0.5, 0.6) is 0 Å². The van der Waals surface area contributed by atoms with Gasteiger partial charge in [-0.3, -0.25) is 4.79 Å². The van der Waals surface area contributed by atoms with Crippen molar-refractivity contribution in [3.63, 3.8) is 0 Å². The Morgan fingerprint density at radius 3 is 3.10 bits per heavy atom. The molecule has 2 atom stereocenters. The summed E-state index contributed by atoms with van der Waals surface area (Å²) >= 11 is 1.89. The van der Waals surface area contributed by atoms with Crippen molar-refractivity contribution in [2.75, 3.05) is 12.3 Å². The van der Waals surface area contributed by atoms with Crippen LogP contribution in [0.3, 0.4) is 0 Å². The number of carbonyl (C=O) groups is 1. The number of hydrogen-bond donors (Lipinski definition) is 2. The summed E-state index contributed by atoms with van der Waals surface area (Å²) in [6.07, 6.45) is 5.11. The van der Waals surface area contributed by atoms with E-state index in [0.717, 1.165) is 25.1 Å². The molecule has 0 saturated carbocycles. The van der Waals surface area contributed by atoms with Crippen LogP contribution >= 0.6 is 11.8 Å². The molecule has 0 aromatic heterocycles. The van der Waals surface area contributed by atoms with Gasteiger partial charge in [-0.2, -0.15) is 0 Å². The van der Waals surface area contributed by atoms with Gasteiger partial charge in [-0.1, -0.05) is 18.2 Å². The second-order valence-corrected chi connectivity index (χ2v) is 6.76. The van der Waals surface area contributed by atoms with Crippen molar-refractivity contribution in [3.05, 3.63) is 29.8 Å². The Kier molecular flexibility index (Phi) is 4.63. The first-order valence-electron chi connectivity index (χ1n) is 7.57. The van der Waals surface area contributed by atoms with E-state index >= 15 is 0 Å². The second-order valence-electron chi connectivity index (χ2n) is 5.63. The predicted molar refractivity (Wildman–Crippen MR) is 82.9 cm³/mol. The average molecular weight is 290 g/mol. The summed E-state index contributed by atoms with van der Waals surface area (Å²) in [6, 6.07) is 9.19. The lowest BCUT2D eigenvalue weighted by Gasteiger charge is -2.26. The fourth-order valence-electron chi connectivity index (χ4n) is 3.07. The van der Waals surface area contributed by atoms with Gasteiger partial charge in [0, 0.05) is 23.1 Å². The lowest BCUT2D eigenvalue weighted by Crippen LogP contribution is -2.32. The third kappa shape index (κ3) is 3.36. The molecule has 4 heteroatoms. The van der Waals surface area contributed by atoms with Crippen LogP contribution in [-0.4, -0.2) is 24.2 Å². The standard InChI is InChI=1S/C16H22N2OS/c19-16(8-7-12-4-3-10-17-12)18-14-9-11-20-15-6-2-1-5-13(14)15/h1-2,5-6,12,14,17H,3-4,7-11H2,(H,18,19). The van der Waals surface area contributed by atoms with Crippen LogP contribution in [0.25, 0.3) is 0 Å². The third-order valence-corrected chi connectivity index (χ3v) is 5.30. The molecule has 0 spiro atoms. The molecule has 108 valence electrons. The molecule has 2 aliphatic heterocycles. The van der Waals surface area contributed by atoms with Gasteiger partial charge in [-0.15, -0.1) is 11.8 Å². The molecule has 2 N–H and O–H groups in total. The van der Waals surface area contributed by atoms with Crippen LogP contribution in [0.2, 0.25) is 0 Å². The Labute approximate surface area is 124 Å². The fourth-order valence-corrected chi connectivity index (χ4v) is 4.19. The molecule has 1 aromatic carbocycles. The SMILES string of the molecule is O=C(CCC1CCCN1)NC1CCSc2ccccc21. The predicted octanol–water partition coefficient (Wildman–Crippen LogP) is 2.87. The lowest BCUT2D eigenvalue weighted by atomic mass is 10.0. The van der Waals surface area contributed by atoms with Crippen LogP contribution in [0, 0.1) is 0 Å². The van der Waals surface area contributed by atoms with Crippen LogP contribution in [0.1, 0.15) is 43.7 Å². The molecule has 2 aliphatic rings. The highest BCUT2D eigenvalue weighted by Gasteiger charge is 2.22. The summed E-state index contributed by atoms with van der Waals surface area (Å²) in [4.78, 5) is 13.5. The topological polar surface area (TPSA) is 41.1 Å². The number of thioether (sulfide) groups is 1. The van der Waals surface area contributed by atoms with Crippen molar-refractivity contribution in [1.29, 1.82) is 0 Å². The Hall–Kier alpha value is -1.00. The molecule has 0 bridgehead atoms. The first kappa shape index (κ1) is 14.0. The van der Waals surface area contributed by atoms with E-state index in [1.165, 1.54) is 23.3 Å². The number of rotatable bonds is 4. The molecule has 0 aliphatic carbocycles. The van der Waals surface area contributed by atoms with Crippen molar-refractivity contribution >= 4 is 17.7 Å². The van der Waals surface area contributed by atoms with Crippen molar-refractivity contribution in [2.45, 2.75) is 49.1 Å². The van der Waals surface area contributed by atoms with Crippen LogP contribution in [0.4, 0.5) is 0 Å². The Morgan fingerprint density at radius 2 is 2.25 bits per heavy atom. The van der Waals surface area contributed by atoms with Crippen molar-refractivity contribution in [2.24, 2.45) is 0 Å². The molecule has 2 heterocycles. The molecule has 0 radical (unpaired) electrons. The second kappa shape index (κ2) is 6.64. The first-order chi connectivity index (χ1) is 9.83. The molecule has 3 nitrogen and oxygen atoms in total. The number of nitrogens with one attached hydrogen (secondary N) is 2. The number of amides is 1. The number of fused-ring (bicyclic) bond motifs is 1. The van der Waals surface area contributed by atoms with E-state index in [2.05, 4.69) is 34.9 Å². The monoisotopic (exact) mass is 290 g/mol. The third-order valence-electron chi connectivity index (χ3n) is 4.18. The molecule has 1 fully saturated rings. The highest BCUT2D eigenvalue weighted by Crippen LogP contribution is 2.35. The van der Waals surface area contributed by atoms with E-state index in [0.29, 0.717) is 12.5 Å². The van der Waals surface area contributed by atoms with Gasteiger partial charge in [-0.05, 0) is 43.9 Å². The van der Waals surface area contributed by atoms with Gasteiger partial charge < -0.3 is 10.6 Å². The smallest absolute Gasteiger partial charge is 0.220 e. The van der Waals surface area contributed by atoms with E-state index in [9.17, 15) is 4.79 Å². The minimum absolute atomic E-state index is 0.199. The summed E-state index contributed by atoms with van der Waals surface area (Å²) in [5, 5.41) is 6.67. The summed E-state index contributed by atoms with van der Waals surface area (Å²) in [5.41, 5.74) is 1.29. The lowest BCUT2D eigenvalue weighted by molar-refractivity contribution is -0.122. The van der Waals surface area contributed by atoms with Gasteiger partial charge in [0.1, 0.15) is 0 Å². The Balaban J connectivity index is 1.54. The highest BCUT2D eigenvalue weighted by atomic mass is 32.2. The van der Waals surface area contributed by atoms with Gasteiger partial charge in [0.15, 0.2) is 0 Å². The quantitative estimate of drug-likeness (QED) is 0.896. The van der Waals surface area contributed by atoms with Crippen molar-refractivity contribution < 1.29 is 4.79 Å². The maximum Gasteiger partial charge on any atom is 0.220 e. The molecule has 2 unspecified atom stereocenters. The minimum atomic E-state index is 0.199. The van der Waals surface area contributed by atoms with Crippen LogP contribution in [0.15, 0.2) is 29.2 Å². The number of hydrogen-bond acceptors (Lipinski definition) is 3. The van der Waals surface area contributed by atoms with Gasteiger partial charge in [0.05, 0.1) is 6.04 Å². The molecular formula is C16H22N2OS. The summed E-state index contributed by atoms with van der Waals surface area (Å²) in [5.74, 6) is 1.29. The number of carbonyl (C=O) groups excluding carboxylic acids is 1. The highest BCUT2D eigenvalue weighted by molar-refractivity contribution is 7.99. The fraction of sp³-hybridized carbons (Fsp3) is 0.562. The Morgan fingerprint density at radius 1 is 1.35 bits per heavy atom. The normalized spacial score (nSPS) is 25.2. The van der Waals surface area contributed by atoms with Crippen molar-refractivity contribution in [3.8, 4) is 0 Å². The maximum absolute atomic E-state index is 12.1. The van der Waals surface area contributed by atoms with Gasteiger partial charge in [0.2, 0.25) is 5.91 Å². The summed E-state index contributed by atoms with van der Waals surface area (Å²) in [6.45, 7) is 1.11. The van der Waals surface area contributed by atoms with E-state index in [-0.39, 0.29) is 11.9 Å². The van der Waals surface area contributed by atoms with E-state index in [1.807, 2.05) is 11.8 Å². The minimum Gasteiger partial charge on any atom is -0.349 e. The zero-order valence-corrected chi connectivity index (χ0v) is 12.5. The van der Waals surface area contributed by atoms with Crippen LogP contribution < -0.4 is 10.6 Å². The Bertz CT molecular complexity index is 471. The summed E-state index contributed by atoms with van der Waals surface area (Å²) < 4.78 is 0. The van der Waals surface area contributed by atoms with Gasteiger partial charge in [0.25, 0.3) is 0 Å². The molecule has 3 rings (SSSR count). The number of benzene rings is 1. The first-order valence-corrected chi connectivity index (χ1v) is 8.56. The largest absolute Gasteiger partial charge is 0.349 e. The van der Waals surface area contributed by atoms with E-state index in [1.54, 1.807) is 0 Å². The van der Waals surface area contributed by atoms with Gasteiger partial charge >= 0.3 is 0 Å². The molecule has 20 heavy (non-hydrogen) atoms. The van der Waals surface area contributed by atoms with E-state index in [4.69, 9.17) is 0 Å². The van der Waals surface area contributed by atoms with E-state index < -0.39 is 0 Å². The zero-order chi connectivity index (χ0) is 13.8. The molecule has 1 saturated heterocycles. The summed E-state index contributed by atoms with van der Waals surface area (Å²) in [7, 11) is 0. The molecule has 1 amide bonds. The van der Waals surface area contributed by atoms with Crippen molar-refractivity contribution in [1.82, 2.24) is 10.6 Å². The average Bonchev–Trinajstić information content (AvgIpc) is 2.99. The van der Waals surface area contributed by atoms with Crippen LogP contribution in [-0.2, 0) is 4.79 Å². The molecular weight excluding hydrogens is 268 g/mol. The maximum atomic E-state index is 12.1. The zero-order valence-electron chi connectivity index (χ0n) is 11.7. The molecule has 1 aromatic rings.